The number of aromatic nitrogens is 16. The molecule has 593 valence electrons. The average molecular weight is 2270 g/mol. The molecule has 0 spiro atoms. The number of rotatable bonds is 14. The van der Waals surface area contributed by atoms with Gasteiger partial charge in [-0.15, -0.1) is 41.5 Å². The summed E-state index contributed by atoms with van der Waals surface area (Å²) in [5.74, 6) is 0. The van der Waals surface area contributed by atoms with Crippen LogP contribution in [0.15, 0.2) is 414 Å². The fraction of sp³-hybridized carbons (Fsp3) is 0.0200. The fourth-order valence-electron chi connectivity index (χ4n) is 12.6. The van der Waals surface area contributed by atoms with E-state index in [0.717, 1.165) is 79.2 Å². The molecule has 0 unspecified atom stereocenters. The molecule has 0 aliphatic carbocycles. The summed E-state index contributed by atoms with van der Waals surface area (Å²) in [7, 11) is 0. The molecule has 14 aromatic carbocycles. The predicted molar refractivity (Wildman–Crippen MR) is 459 cm³/mol. The maximum absolute atomic E-state index is 4.72. The van der Waals surface area contributed by atoms with E-state index in [4.69, 9.17) is 5.10 Å². The van der Waals surface area contributed by atoms with Gasteiger partial charge >= 0.3 is 20.1 Å². The molecule has 16 nitrogen and oxygen atoms in total. The van der Waals surface area contributed by atoms with Crippen LogP contribution in [0, 0.1) is 50.2 Å². The fourth-order valence-corrected chi connectivity index (χ4v) is 12.6. The molecule has 0 aliphatic rings. The first kappa shape index (κ1) is 87.5. The van der Waals surface area contributed by atoms with Crippen molar-refractivity contribution >= 4 is 0 Å². The Kier molecular flexibility index (Phi) is 32.7. The maximum atomic E-state index is 4.72. The van der Waals surface area contributed by atoms with Crippen molar-refractivity contribution in [3.63, 3.8) is 0 Å². The van der Waals surface area contributed by atoms with Crippen molar-refractivity contribution in [2.24, 2.45) is 0 Å². The van der Waals surface area contributed by atoms with E-state index in [1.165, 1.54) is 65.2 Å². The van der Waals surface area contributed by atoms with Gasteiger partial charge in [-0.3, -0.25) is 9.36 Å². The van der Waals surface area contributed by atoms with Crippen LogP contribution in [0.4, 0.5) is 0 Å². The van der Waals surface area contributed by atoms with Gasteiger partial charge in [-0.1, -0.05) is 224 Å². The van der Waals surface area contributed by atoms with E-state index in [-0.39, 0.29) is 80.4 Å². The smallest absolute Gasteiger partial charge is 0.265 e. The van der Waals surface area contributed by atoms with Crippen molar-refractivity contribution in [3.8, 4) is 123 Å². The number of para-hydroxylation sites is 6. The standard InChI is InChI=1S/C23H19N2.C21H15N2.2C20H14N3.2C8H6N3.4Ir/c1-17-23(18(2)25(24-17)22-11-7-4-8-12-22)21-15-13-20(14-16-21)19-9-5-3-6-10-19;1-3-7-17(8-4-1)18-11-13-19(14-12-18)20-15-22-23(16-20)21-9-5-2-6-10-21;1-3-7-16(8-4-1)17-11-13-18(14-12-17)20-15-23(22-21-20)19-9-5-2-6-10-19;1-3-7-16(8-4-1)17-11-13-18(14-12-17)20-15-21-23(22-20)19-9-5-2-6-10-19;2*1-2-4-8(5-3-1)11-9-6-7-10-11;;;;/h3-11,13-16H,1-2H3;1-9,11-16H;2*1-9,11-15H;2*1-4,6-7H;;;;/q6*-1;;;;+3. The van der Waals surface area contributed by atoms with Gasteiger partial charge in [-0.2, -0.15) is 201 Å². The third-order valence-electron chi connectivity index (χ3n) is 18.4. The van der Waals surface area contributed by atoms with E-state index in [1.807, 2.05) is 222 Å². The maximum Gasteiger partial charge on any atom is 3.00 e. The molecule has 0 saturated carbocycles. The Hall–Kier alpha value is -13.3. The van der Waals surface area contributed by atoms with E-state index in [1.54, 1.807) is 40.5 Å². The van der Waals surface area contributed by atoms with Crippen LogP contribution < -0.4 is 0 Å². The number of nitrogens with zero attached hydrogens (tertiary/aromatic N) is 16. The van der Waals surface area contributed by atoms with Gasteiger partial charge in [0.25, 0.3) is 0 Å². The molecule has 120 heavy (non-hydrogen) atoms. The Balaban J connectivity index is 0.000000143. The van der Waals surface area contributed by atoms with Crippen molar-refractivity contribution in [2.45, 2.75) is 13.8 Å². The Morgan fingerprint density at radius 1 is 0.242 bits per heavy atom. The van der Waals surface area contributed by atoms with Gasteiger partial charge in [0.15, 0.2) is 0 Å². The Morgan fingerprint density at radius 2 is 0.550 bits per heavy atom. The van der Waals surface area contributed by atoms with Gasteiger partial charge < -0.3 is 0 Å². The molecular weight excluding hydrogens is 2190 g/mol. The van der Waals surface area contributed by atoms with E-state index in [0.29, 0.717) is 0 Å². The van der Waals surface area contributed by atoms with E-state index < -0.39 is 0 Å². The summed E-state index contributed by atoms with van der Waals surface area (Å²) in [6.07, 6.45) is 14.2. The van der Waals surface area contributed by atoms with Crippen molar-refractivity contribution in [3.05, 3.63) is 461 Å². The Morgan fingerprint density at radius 3 is 0.925 bits per heavy atom. The quantitative estimate of drug-likeness (QED) is 0.0959. The van der Waals surface area contributed by atoms with E-state index in [9.17, 15) is 0 Å². The predicted octanol–water partition coefficient (Wildman–Crippen LogP) is 21.6. The van der Waals surface area contributed by atoms with Crippen LogP contribution in [-0.2, 0) is 80.4 Å². The zero-order chi connectivity index (χ0) is 78.7. The molecule has 0 fully saturated rings. The van der Waals surface area contributed by atoms with Gasteiger partial charge in [-0.05, 0) is 104 Å². The van der Waals surface area contributed by atoms with Crippen molar-refractivity contribution in [2.75, 3.05) is 0 Å². The topological polar surface area (TPSA) is 158 Å². The van der Waals surface area contributed by atoms with Crippen molar-refractivity contribution in [1.82, 2.24) is 79.5 Å². The summed E-state index contributed by atoms with van der Waals surface area (Å²) in [4.78, 5) is 4.65. The second kappa shape index (κ2) is 44.8. The monoisotopic (exact) mass is 2270 g/mol. The van der Waals surface area contributed by atoms with E-state index in [2.05, 4.69) is 266 Å². The summed E-state index contributed by atoms with van der Waals surface area (Å²) in [5, 5.41) is 42.3. The molecule has 0 atom stereocenters. The van der Waals surface area contributed by atoms with Gasteiger partial charge in [0, 0.05) is 94.5 Å². The summed E-state index contributed by atoms with van der Waals surface area (Å²) >= 11 is 0. The average Bonchev–Trinajstić information content (AvgIpc) is 1.64. The molecular formula is C100H74Ir4N16-3. The normalized spacial score (nSPS) is 10.2. The van der Waals surface area contributed by atoms with Gasteiger partial charge in [0.05, 0.1) is 49.1 Å². The molecule has 0 aliphatic heterocycles. The second-order valence-corrected chi connectivity index (χ2v) is 26.1. The van der Waals surface area contributed by atoms with Gasteiger partial charge in [-0.25, -0.2) is 4.68 Å². The summed E-state index contributed by atoms with van der Waals surface area (Å²) in [6.45, 7) is 4.17. The van der Waals surface area contributed by atoms with E-state index >= 15 is 0 Å². The number of aryl methyl sites for hydroxylation is 1. The zero-order valence-corrected chi connectivity index (χ0v) is 74.3. The molecule has 6 heterocycles. The zero-order valence-electron chi connectivity index (χ0n) is 64.7. The summed E-state index contributed by atoms with van der Waals surface area (Å²) < 4.78 is 5.55. The second-order valence-electron chi connectivity index (χ2n) is 26.1. The first-order valence-corrected chi connectivity index (χ1v) is 37.5. The molecule has 20 rings (SSSR count). The first-order valence-electron chi connectivity index (χ1n) is 37.5. The molecule has 6 aromatic heterocycles. The van der Waals surface area contributed by atoms with Gasteiger partial charge in [0.2, 0.25) is 0 Å². The van der Waals surface area contributed by atoms with Gasteiger partial charge in [0.1, 0.15) is 11.4 Å². The SMILES string of the molecule is Cc1nn(-c2[c-]cccc2)c(C)c1-c1ccc(-c2ccccc2)cc1.[Ir+3].[Ir].[Ir].[Ir].[c-]1ccccc1-n1cc(-c2ccc(-c3ccccc3)cc2)cn1.[c-]1ccccc1-n1cc(-c2ccc(-c3ccccc3)cc2)nn1.[c-]1ccccc1-n1ncc(-c2ccc(-c3ccccc3)cc2)n1.[c-]1ccccc1-n1nccn1.[c-]1ccccc1-n1nccn1. The van der Waals surface area contributed by atoms with Crippen LogP contribution in [-0.4, -0.2) is 79.5 Å². The van der Waals surface area contributed by atoms with Crippen molar-refractivity contribution in [1.29, 1.82) is 0 Å². The third-order valence-corrected chi connectivity index (χ3v) is 18.4. The molecule has 0 saturated heterocycles. The Bertz CT molecular complexity index is 5820. The van der Waals surface area contributed by atoms with Crippen molar-refractivity contribution < 1.29 is 80.4 Å². The number of hydrogen-bond donors (Lipinski definition) is 0. The van der Waals surface area contributed by atoms with Crippen LogP contribution in [0.25, 0.3) is 123 Å². The molecule has 0 bridgehead atoms. The Labute approximate surface area is 752 Å². The van der Waals surface area contributed by atoms with Crippen LogP contribution in [0.1, 0.15) is 11.4 Å². The number of benzene rings is 14. The molecule has 20 heteroatoms. The van der Waals surface area contributed by atoms with Crippen LogP contribution >= 0.6 is 0 Å². The summed E-state index contributed by atoms with van der Waals surface area (Å²) in [5.41, 5.74) is 25.7. The van der Waals surface area contributed by atoms with Crippen LogP contribution in [0.3, 0.4) is 0 Å². The molecule has 0 amide bonds. The van der Waals surface area contributed by atoms with Crippen LogP contribution in [0.2, 0.25) is 0 Å². The summed E-state index contributed by atoms with van der Waals surface area (Å²) in [6, 6.07) is 141. The molecule has 20 aromatic rings. The number of hydrogen-bond acceptors (Lipinski definition) is 10. The minimum Gasteiger partial charge on any atom is -0.265 e. The van der Waals surface area contributed by atoms with Crippen LogP contribution in [0.5, 0.6) is 0 Å². The minimum absolute atomic E-state index is 0. The largest absolute Gasteiger partial charge is 3.00 e. The molecule has 3 radical (unpaired) electrons. The minimum atomic E-state index is 0. The first-order chi connectivity index (χ1) is 57.4. The molecule has 0 N–H and O–H groups in total. The third kappa shape index (κ3) is 23.3.